The molecule has 0 fully saturated rings. The van der Waals surface area contributed by atoms with Crippen molar-refractivity contribution in [3.05, 3.63) is 31.3 Å². The number of halogens is 2. The Morgan fingerprint density at radius 3 is 2.73 bits per heavy atom. The Balaban J connectivity index is 3.21. The number of aryl methyl sites for hydroxylation is 1. The van der Waals surface area contributed by atoms with Gasteiger partial charge in [-0.15, -0.1) is 0 Å². The van der Waals surface area contributed by atoms with E-state index in [2.05, 4.69) is 44.6 Å². The summed E-state index contributed by atoms with van der Waals surface area (Å²) >= 11 is 5.66. The van der Waals surface area contributed by atoms with Gasteiger partial charge in [-0.05, 0) is 68.7 Å². The maximum atomic E-state index is 8.91. The maximum Gasteiger partial charge on any atom is 0.0684 e. The van der Waals surface area contributed by atoms with Crippen LogP contribution in [0.25, 0.3) is 0 Å². The van der Waals surface area contributed by atoms with Gasteiger partial charge in [0.2, 0.25) is 0 Å². The zero-order chi connectivity index (χ0) is 8.43. The van der Waals surface area contributed by atoms with Gasteiger partial charge in [0.05, 0.1) is 6.61 Å². The van der Waals surface area contributed by atoms with Gasteiger partial charge in [-0.2, -0.15) is 0 Å². The van der Waals surface area contributed by atoms with Crippen LogP contribution in [0.1, 0.15) is 11.1 Å². The highest BCUT2D eigenvalue weighted by Crippen LogP contribution is 2.23. The Morgan fingerprint density at radius 1 is 1.55 bits per heavy atom. The third-order valence-electron chi connectivity index (χ3n) is 1.55. The first-order chi connectivity index (χ1) is 5.15. The summed E-state index contributed by atoms with van der Waals surface area (Å²) in [6.07, 6.45) is 0. The lowest BCUT2D eigenvalue weighted by molar-refractivity contribution is 0.281. The van der Waals surface area contributed by atoms with Crippen molar-refractivity contribution in [2.24, 2.45) is 0 Å². The van der Waals surface area contributed by atoms with Crippen molar-refractivity contribution in [3.8, 4) is 0 Å². The molecule has 0 aliphatic rings. The summed E-state index contributed by atoms with van der Waals surface area (Å²) in [5, 5.41) is 8.91. The summed E-state index contributed by atoms with van der Waals surface area (Å²) in [6, 6.07) is 4.01. The molecule has 60 valence electrons. The van der Waals surface area contributed by atoms with Gasteiger partial charge in [0, 0.05) is 8.04 Å². The Labute approximate surface area is 88.1 Å². The highest BCUT2D eigenvalue weighted by molar-refractivity contribution is 14.1. The molecular formula is C8H8BrIO. The molecule has 1 rings (SSSR count). The molecule has 0 heterocycles. The minimum atomic E-state index is 0.112. The van der Waals surface area contributed by atoms with Gasteiger partial charge in [-0.25, -0.2) is 0 Å². The average Bonchev–Trinajstić information content (AvgIpc) is 1.97. The van der Waals surface area contributed by atoms with Crippen molar-refractivity contribution < 1.29 is 5.11 Å². The van der Waals surface area contributed by atoms with Crippen LogP contribution in [0.15, 0.2) is 16.6 Å². The van der Waals surface area contributed by atoms with E-state index in [9.17, 15) is 0 Å². The lowest BCUT2D eigenvalue weighted by atomic mass is 10.1. The van der Waals surface area contributed by atoms with Crippen LogP contribution in [0.4, 0.5) is 0 Å². The van der Waals surface area contributed by atoms with Crippen LogP contribution >= 0.6 is 38.5 Å². The van der Waals surface area contributed by atoms with Crippen molar-refractivity contribution in [2.45, 2.75) is 13.5 Å². The second kappa shape index (κ2) is 3.87. The third kappa shape index (κ3) is 2.16. The van der Waals surface area contributed by atoms with Crippen molar-refractivity contribution in [1.29, 1.82) is 0 Å². The number of benzene rings is 1. The van der Waals surface area contributed by atoms with Crippen LogP contribution in [0.3, 0.4) is 0 Å². The lowest BCUT2D eigenvalue weighted by Crippen LogP contribution is -1.89. The fourth-order valence-electron chi connectivity index (χ4n) is 0.858. The van der Waals surface area contributed by atoms with Gasteiger partial charge in [0.15, 0.2) is 0 Å². The van der Waals surface area contributed by atoms with E-state index in [1.165, 1.54) is 3.57 Å². The Morgan fingerprint density at radius 2 is 2.18 bits per heavy atom. The van der Waals surface area contributed by atoms with E-state index in [1.54, 1.807) is 0 Å². The predicted molar refractivity (Wildman–Crippen MR) is 57.5 cm³/mol. The number of aliphatic hydroxyl groups excluding tert-OH is 1. The summed E-state index contributed by atoms with van der Waals surface area (Å²) in [6.45, 7) is 2.11. The van der Waals surface area contributed by atoms with E-state index in [0.29, 0.717) is 0 Å². The molecule has 1 nitrogen and oxygen atoms in total. The predicted octanol–water partition coefficient (Wildman–Crippen LogP) is 2.85. The average molecular weight is 327 g/mol. The molecule has 0 aromatic heterocycles. The van der Waals surface area contributed by atoms with Crippen LogP contribution < -0.4 is 0 Å². The van der Waals surface area contributed by atoms with E-state index in [0.717, 1.165) is 15.6 Å². The molecule has 0 aliphatic carbocycles. The van der Waals surface area contributed by atoms with E-state index >= 15 is 0 Å². The molecule has 0 saturated carbocycles. The molecule has 1 aromatic carbocycles. The minimum absolute atomic E-state index is 0.112. The molecule has 11 heavy (non-hydrogen) atoms. The van der Waals surface area contributed by atoms with E-state index in [1.807, 2.05) is 13.0 Å². The summed E-state index contributed by atoms with van der Waals surface area (Å²) in [4.78, 5) is 0. The first-order valence-corrected chi connectivity index (χ1v) is 5.07. The standard InChI is InChI=1S/C8H8BrIO/c1-5-2-8(10)7(9)3-6(5)4-11/h2-3,11H,4H2,1H3. The number of hydrogen-bond acceptors (Lipinski definition) is 1. The van der Waals surface area contributed by atoms with Crippen molar-refractivity contribution in [1.82, 2.24) is 0 Å². The molecule has 0 spiro atoms. The normalized spacial score (nSPS) is 10.2. The van der Waals surface area contributed by atoms with E-state index < -0.39 is 0 Å². The first-order valence-electron chi connectivity index (χ1n) is 3.20. The molecule has 0 saturated heterocycles. The van der Waals surface area contributed by atoms with Crippen molar-refractivity contribution in [2.75, 3.05) is 0 Å². The maximum absolute atomic E-state index is 8.91. The fraction of sp³-hybridized carbons (Fsp3) is 0.250. The van der Waals surface area contributed by atoms with Crippen LogP contribution in [-0.2, 0) is 6.61 Å². The van der Waals surface area contributed by atoms with E-state index in [-0.39, 0.29) is 6.61 Å². The lowest BCUT2D eigenvalue weighted by Gasteiger charge is -2.04. The van der Waals surface area contributed by atoms with Gasteiger partial charge in [0.1, 0.15) is 0 Å². The molecule has 0 aliphatic heterocycles. The van der Waals surface area contributed by atoms with Crippen LogP contribution in [0, 0.1) is 10.5 Å². The summed E-state index contributed by atoms with van der Waals surface area (Å²) in [5.74, 6) is 0. The number of rotatable bonds is 1. The second-order valence-corrected chi connectivity index (χ2v) is 4.37. The van der Waals surface area contributed by atoms with Gasteiger partial charge < -0.3 is 5.11 Å². The highest BCUT2D eigenvalue weighted by Gasteiger charge is 2.01. The third-order valence-corrected chi connectivity index (χ3v) is 3.84. The molecule has 1 N–H and O–H groups in total. The topological polar surface area (TPSA) is 20.2 Å². The Bertz CT molecular complexity index is 273. The molecule has 0 atom stereocenters. The van der Waals surface area contributed by atoms with Crippen LogP contribution in [-0.4, -0.2) is 5.11 Å². The van der Waals surface area contributed by atoms with Gasteiger partial charge in [-0.3, -0.25) is 0 Å². The SMILES string of the molecule is Cc1cc(I)c(Br)cc1CO. The summed E-state index contributed by atoms with van der Waals surface area (Å²) in [7, 11) is 0. The van der Waals surface area contributed by atoms with Crippen LogP contribution in [0.5, 0.6) is 0 Å². The fourth-order valence-corrected chi connectivity index (χ4v) is 1.87. The zero-order valence-electron chi connectivity index (χ0n) is 6.06. The molecular weight excluding hydrogens is 319 g/mol. The summed E-state index contributed by atoms with van der Waals surface area (Å²) < 4.78 is 2.23. The highest BCUT2D eigenvalue weighted by atomic mass is 127. The monoisotopic (exact) mass is 326 g/mol. The number of aliphatic hydroxyl groups is 1. The Hall–Kier alpha value is 0.390. The van der Waals surface area contributed by atoms with Gasteiger partial charge in [0.25, 0.3) is 0 Å². The molecule has 0 unspecified atom stereocenters. The zero-order valence-corrected chi connectivity index (χ0v) is 9.81. The second-order valence-electron chi connectivity index (χ2n) is 2.35. The molecule has 0 amide bonds. The summed E-state index contributed by atoms with van der Waals surface area (Å²) in [5.41, 5.74) is 2.12. The smallest absolute Gasteiger partial charge is 0.0684 e. The van der Waals surface area contributed by atoms with Crippen molar-refractivity contribution >= 4 is 38.5 Å². The van der Waals surface area contributed by atoms with E-state index in [4.69, 9.17) is 5.11 Å². The minimum Gasteiger partial charge on any atom is -0.392 e. The quantitative estimate of drug-likeness (QED) is 0.787. The van der Waals surface area contributed by atoms with Crippen molar-refractivity contribution in [3.63, 3.8) is 0 Å². The number of hydrogen-bond donors (Lipinski definition) is 1. The Kier molecular flexibility index (Phi) is 3.33. The first kappa shape index (κ1) is 9.48. The molecule has 3 heteroatoms. The van der Waals surface area contributed by atoms with Gasteiger partial charge in [-0.1, -0.05) is 0 Å². The largest absolute Gasteiger partial charge is 0.392 e. The molecule has 0 bridgehead atoms. The molecule has 0 radical (unpaired) electrons. The molecule has 1 aromatic rings. The van der Waals surface area contributed by atoms with Crippen LogP contribution in [0.2, 0.25) is 0 Å². The van der Waals surface area contributed by atoms with Gasteiger partial charge >= 0.3 is 0 Å².